The third-order valence-electron chi connectivity index (χ3n) is 6.89. The quantitative estimate of drug-likeness (QED) is 0.361. The SMILES string of the molecule is [2H]C1(N2CC[C@@H](Nc3nc(OC)c4c(-c5cc(F)c6ncn(CC(F)F)c6c5)c(F)cn4n3)[C@H](F)C2)COC1. The number of nitrogens with zero attached hydrogens (tertiary/aromatic N) is 6. The Kier molecular flexibility index (Phi) is 5.99. The fourth-order valence-corrected chi connectivity index (χ4v) is 4.96. The van der Waals surface area contributed by atoms with Gasteiger partial charge in [-0.05, 0) is 24.1 Å². The van der Waals surface area contributed by atoms with E-state index in [1.165, 1.54) is 13.2 Å². The van der Waals surface area contributed by atoms with E-state index in [9.17, 15) is 13.2 Å². The molecule has 3 aromatic heterocycles. The molecule has 2 saturated heterocycles. The van der Waals surface area contributed by atoms with Gasteiger partial charge in [0.05, 0.1) is 63.9 Å². The number of halogens is 5. The summed E-state index contributed by atoms with van der Waals surface area (Å²) in [6, 6.07) is 0.859. The monoisotopic (exact) mass is 538 g/mol. The highest BCUT2D eigenvalue weighted by atomic mass is 19.3. The molecule has 202 valence electrons. The molecule has 0 unspecified atom stereocenters. The summed E-state index contributed by atoms with van der Waals surface area (Å²) in [7, 11) is 1.31. The number of fused-ring (bicyclic) bond motifs is 2. The van der Waals surface area contributed by atoms with Crippen molar-refractivity contribution in [1.82, 2.24) is 29.0 Å². The number of hydrogen-bond acceptors (Lipinski definition) is 7. The Morgan fingerprint density at radius 2 is 2.08 bits per heavy atom. The van der Waals surface area contributed by atoms with Crippen molar-refractivity contribution in [2.45, 2.75) is 37.6 Å². The minimum atomic E-state index is -2.70. The van der Waals surface area contributed by atoms with Crippen molar-refractivity contribution < 1.29 is 32.8 Å². The van der Waals surface area contributed by atoms with Crippen LogP contribution in [-0.4, -0.2) is 87.1 Å². The van der Waals surface area contributed by atoms with Gasteiger partial charge in [-0.2, -0.15) is 4.98 Å². The molecule has 2 fully saturated rings. The first-order valence-corrected chi connectivity index (χ1v) is 12.0. The predicted molar refractivity (Wildman–Crippen MR) is 127 cm³/mol. The second-order valence-electron chi connectivity index (χ2n) is 9.26. The second kappa shape index (κ2) is 9.66. The summed E-state index contributed by atoms with van der Waals surface area (Å²) in [4.78, 5) is 9.90. The van der Waals surface area contributed by atoms with Gasteiger partial charge in [0.2, 0.25) is 11.8 Å². The first-order chi connectivity index (χ1) is 18.7. The highest BCUT2D eigenvalue weighted by molar-refractivity contribution is 5.90. The standard InChI is InChI=1S/C24H24F5N7O2/c1-37-23-22-20(12-4-14(25)21-18(5-12)35(11-30-21)8-19(28)29)16(27)7-36(22)33-24(32-23)31-17-2-3-34(6-15(17)26)13-9-38-10-13/h4-5,7,11,13,15,17,19H,2-3,6,8-10H2,1H3,(H,31,33)/t15-,17-/m1/s1/i13D. The van der Waals surface area contributed by atoms with Crippen LogP contribution in [0.1, 0.15) is 7.79 Å². The van der Waals surface area contributed by atoms with Crippen LogP contribution in [0.5, 0.6) is 5.88 Å². The average Bonchev–Trinajstić information content (AvgIpc) is 3.43. The summed E-state index contributed by atoms with van der Waals surface area (Å²) in [5.41, 5.74) is -0.00767. The summed E-state index contributed by atoms with van der Waals surface area (Å²) < 4.78 is 92.3. The number of likely N-dealkylation sites (tertiary alicyclic amines) is 1. The maximum Gasteiger partial charge on any atom is 0.256 e. The molecule has 0 amide bonds. The average molecular weight is 538 g/mol. The van der Waals surface area contributed by atoms with Crippen molar-refractivity contribution in [2.24, 2.45) is 0 Å². The van der Waals surface area contributed by atoms with Gasteiger partial charge in [-0.25, -0.2) is 31.5 Å². The molecule has 2 aliphatic rings. The number of piperidine rings is 1. The molecular formula is C24H24F5N7O2. The van der Waals surface area contributed by atoms with E-state index in [0.717, 1.165) is 27.7 Å². The van der Waals surface area contributed by atoms with Crippen LogP contribution in [-0.2, 0) is 11.3 Å². The van der Waals surface area contributed by atoms with E-state index >= 15 is 8.78 Å². The first-order valence-electron chi connectivity index (χ1n) is 12.5. The fraction of sp³-hybridized carbons (Fsp3) is 0.458. The Hall–Kier alpha value is -3.52. The van der Waals surface area contributed by atoms with E-state index in [2.05, 4.69) is 20.4 Å². The van der Waals surface area contributed by atoms with E-state index < -0.39 is 42.8 Å². The largest absolute Gasteiger partial charge is 0.479 e. The number of aromatic nitrogens is 5. The Morgan fingerprint density at radius 3 is 2.76 bits per heavy atom. The number of rotatable bonds is 7. The molecule has 14 heteroatoms. The smallest absolute Gasteiger partial charge is 0.256 e. The van der Waals surface area contributed by atoms with E-state index in [-0.39, 0.29) is 59.3 Å². The van der Waals surface area contributed by atoms with Gasteiger partial charge < -0.3 is 19.4 Å². The van der Waals surface area contributed by atoms with Gasteiger partial charge in [0, 0.05) is 13.1 Å². The van der Waals surface area contributed by atoms with Crippen molar-refractivity contribution in [3.05, 3.63) is 36.3 Å². The van der Waals surface area contributed by atoms with Crippen LogP contribution in [0.25, 0.3) is 27.7 Å². The number of alkyl halides is 3. The molecule has 0 saturated carbocycles. The summed E-state index contributed by atoms with van der Waals surface area (Å²) in [6.07, 6.45) is -1.49. The van der Waals surface area contributed by atoms with Gasteiger partial charge in [0.15, 0.2) is 11.6 Å². The minimum Gasteiger partial charge on any atom is -0.479 e. The van der Waals surface area contributed by atoms with Crippen molar-refractivity contribution in [3.8, 4) is 17.0 Å². The molecule has 1 aromatic carbocycles. The van der Waals surface area contributed by atoms with Gasteiger partial charge in [0.25, 0.3) is 6.43 Å². The van der Waals surface area contributed by atoms with Crippen molar-refractivity contribution in [3.63, 3.8) is 0 Å². The molecule has 0 bridgehead atoms. The third kappa shape index (κ3) is 4.30. The zero-order valence-electron chi connectivity index (χ0n) is 21.2. The Bertz CT molecular complexity index is 1540. The minimum absolute atomic E-state index is 0.00814. The summed E-state index contributed by atoms with van der Waals surface area (Å²) in [5.74, 6) is -1.65. The lowest BCUT2D eigenvalue weighted by molar-refractivity contribution is -0.0794. The predicted octanol–water partition coefficient (Wildman–Crippen LogP) is 3.52. The van der Waals surface area contributed by atoms with Crippen molar-refractivity contribution in [1.29, 1.82) is 0 Å². The maximum absolute atomic E-state index is 15.3. The number of imidazole rings is 1. The molecule has 9 nitrogen and oxygen atoms in total. The summed E-state index contributed by atoms with van der Waals surface area (Å²) >= 11 is 0. The number of ether oxygens (including phenoxy) is 2. The number of nitrogens with one attached hydrogen (secondary N) is 1. The third-order valence-corrected chi connectivity index (χ3v) is 6.89. The fourth-order valence-electron chi connectivity index (χ4n) is 4.96. The number of anilines is 1. The van der Waals surface area contributed by atoms with Gasteiger partial charge in [0.1, 0.15) is 17.2 Å². The Labute approximate surface area is 214 Å². The molecule has 6 rings (SSSR count). The molecule has 2 aliphatic heterocycles. The molecule has 38 heavy (non-hydrogen) atoms. The number of benzene rings is 1. The van der Waals surface area contributed by atoms with E-state index in [0.29, 0.717) is 13.0 Å². The van der Waals surface area contributed by atoms with Crippen LogP contribution >= 0.6 is 0 Å². The first kappa shape index (κ1) is 23.6. The molecule has 5 heterocycles. The van der Waals surface area contributed by atoms with Crippen LogP contribution in [0.15, 0.2) is 24.7 Å². The summed E-state index contributed by atoms with van der Waals surface area (Å²) in [6.45, 7) is 0.291. The molecule has 0 aliphatic carbocycles. The van der Waals surface area contributed by atoms with Gasteiger partial charge in [-0.3, -0.25) is 4.90 Å². The Balaban J connectivity index is 1.33. The zero-order valence-corrected chi connectivity index (χ0v) is 20.2. The van der Waals surface area contributed by atoms with Gasteiger partial charge >= 0.3 is 0 Å². The van der Waals surface area contributed by atoms with Crippen LogP contribution in [0.4, 0.5) is 27.9 Å². The molecule has 0 spiro atoms. The molecule has 0 radical (unpaired) electrons. The zero-order chi connectivity index (χ0) is 27.5. The molecular weight excluding hydrogens is 513 g/mol. The maximum atomic E-state index is 15.3. The van der Waals surface area contributed by atoms with Crippen molar-refractivity contribution in [2.75, 3.05) is 38.7 Å². The Morgan fingerprint density at radius 1 is 1.26 bits per heavy atom. The summed E-state index contributed by atoms with van der Waals surface area (Å²) in [5, 5.41) is 7.22. The normalized spacial score (nSPS) is 22.1. The van der Waals surface area contributed by atoms with Crippen LogP contribution < -0.4 is 10.1 Å². The lowest BCUT2D eigenvalue weighted by Gasteiger charge is -2.42. The highest BCUT2D eigenvalue weighted by Gasteiger charge is 2.36. The second-order valence-corrected chi connectivity index (χ2v) is 9.26. The van der Waals surface area contributed by atoms with Gasteiger partial charge in [-0.1, -0.05) is 0 Å². The lowest BCUT2D eigenvalue weighted by atomic mass is 10.0. The topological polar surface area (TPSA) is 81.7 Å². The van der Waals surface area contributed by atoms with E-state index in [1.54, 1.807) is 4.90 Å². The van der Waals surface area contributed by atoms with Crippen LogP contribution in [0.3, 0.4) is 0 Å². The molecule has 2 atom stereocenters. The van der Waals surface area contributed by atoms with Gasteiger partial charge in [-0.15, -0.1) is 5.10 Å². The number of hydrogen-bond donors (Lipinski definition) is 1. The highest BCUT2D eigenvalue weighted by Crippen LogP contribution is 2.36. The molecule has 1 N–H and O–H groups in total. The van der Waals surface area contributed by atoms with Crippen LogP contribution in [0, 0.1) is 11.6 Å². The van der Waals surface area contributed by atoms with Crippen molar-refractivity contribution >= 4 is 22.5 Å². The van der Waals surface area contributed by atoms with Crippen LogP contribution in [0.2, 0.25) is 0 Å². The number of methoxy groups -OCH3 is 1. The van der Waals surface area contributed by atoms with E-state index in [4.69, 9.17) is 10.8 Å². The van der Waals surface area contributed by atoms with E-state index in [1.807, 2.05) is 0 Å². The molecule has 4 aromatic rings. The lowest BCUT2D eigenvalue weighted by Crippen LogP contribution is -2.57.